The minimum Gasteiger partial charge on any atom is -0.380 e. The van der Waals surface area contributed by atoms with E-state index in [4.69, 9.17) is 0 Å². The molecule has 130 valence electrons. The molecule has 0 aromatic heterocycles. The highest BCUT2D eigenvalue weighted by Gasteiger charge is 2.50. The Bertz CT molecular complexity index is 685. The zero-order chi connectivity index (χ0) is 18.1. The molecule has 1 aromatic carbocycles. The maximum Gasteiger partial charge on any atom is 0.417 e. The predicted octanol–water partition coefficient (Wildman–Crippen LogP) is 1.58. The van der Waals surface area contributed by atoms with Crippen molar-refractivity contribution in [1.82, 2.24) is 4.31 Å². The lowest BCUT2D eigenvalue weighted by atomic mass is 10.0. The number of amides is 1. The fourth-order valence-electron chi connectivity index (χ4n) is 1.56. The Morgan fingerprint density at radius 2 is 1.87 bits per heavy atom. The van der Waals surface area contributed by atoms with Crippen molar-refractivity contribution in [3.63, 3.8) is 0 Å². The number of halogens is 3. The van der Waals surface area contributed by atoms with E-state index in [1.54, 1.807) is 0 Å². The SMILES string of the molecule is CN(C)S(=O)(=O)c1cccc(NC(=O)C[C@](C)(O)C(F)(F)F)c1. The van der Waals surface area contributed by atoms with E-state index in [-0.39, 0.29) is 10.6 Å². The molecule has 23 heavy (non-hydrogen) atoms. The Morgan fingerprint density at radius 3 is 2.35 bits per heavy atom. The average Bonchev–Trinajstić information content (AvgIpc) is 2.36. The highest BCUT2D eigenvalue weighted by molar-refractivity contribution is 7.89. The average molecular weight is 354 g/mol. The number of anilines is 1. The topological polar surface area (TPSA) is 86.7 Å². The summed E-state index contributed by atoms with van der Waals surface area (Å²) in [5.41, 5.74) is -3.17. The molecule has 0 bridgehead atoms. The second kappa shape index (κ2) is 6.46. The Hall–Kier alpha value is -1.65. The highest BCUT2D eigenvalue weighted by Crippen LogP contribution is 2.32. The van der Waals surface area contributed by atoms with Gasteiger partial charge in [0.2, 0.25) is 15.9 Å². The van der Waals surface area contributed by atoms with Gasteiger partial charge in [-0.15, -0.1) is 0 Å². The molecule has 0 aliphatic heterocycles. The summed E-state index contributed by atoms with van der Waals surface area (Å²) < 4.78 is 62.5. The standard InChI is InChI=1S/C13H17F3N2O4S/c1-12(20,13(14,15)16)8-11(19)17-9-5-4-6-10(7-9)23(21,22)18(2)3/h4-7,20H,8H2,1-3H3,(H,17,19)/t12-/m0/s1. The van der Waals surface area contributed by atoms with E-state index in [9.17, 15) is 31.5 Å². The first kappa shape index (κ1) is 19.4. The van der Waals surface area contributed by atoms with Gasteiger partial charge in [-0.1, -0.05) is 6.07 Å². The van der Waals surface area contributed by atoms with Gasteiger partial charge in [0, 0.05) is 19.8 Å². The van der Waals surface area contributed by atoms with E-state index in [0.717, 1.165) is 10.4 Å². The smallest absolute Gasteiger partial charge is 0.380 e. The van der Waals surface area contributed by atoms with Gasteiger partial charge in [0.1, 0.15) is 0 Å². The molecule has 2 N–H and O–H groups in total. The zero-order valence-corrected chi connectivity index (χ0v) is 13.5. The number of rotatable bonds is 5. The molecule has 0 aliphatic rings. The lowest BCUT2D eigenvalue weighted by Gasteiger charge is -2.25. The summed E-state index contributed by atoms with van der Waals surface area (Å²) in [5, 5.41) is 11.4. The van der Waals surface area contributed by atoms with Gasteiger partial charge < -0.3 is 10.4 Å². The number of hydrogen-bond donors (Lipinski definition) is 2. The van der Waals surface area contributed by atoms with Crippen molar-refractivity contribution in [3.05, 3.63) is 24.3 Å². The maximum absolute atomic E-state index is 12.5. The van der Waals surface area contributed by atoms with Crippen molar-refractivity contribution in [3.8, 4) is 0 Å². The van der Waals surface area contributed by atoms with Crippen LogP contribution in [0.2, 0.25) is 0 Å². The van der Waals surface area contributed by atoms with E-state index in [1.165, 1.54) is 32.3 Å². The quantitative estimate of drug-likeness (QED) is 0.841. The number of benzene rings is 1. The number of hydrogen-bond acceptors (Lipinski definition) is 4. The van der Waals surface area contributed by atoms with E-state index in [1.807, 2.05) is 0 Å². The lowest BCUT2D eigenvalue weighted by Crippen LogP contribution is -2.44. The van der Waals surface area contributed by atoms with Crippen molar-refractivity contribution in [1.29, 1.82) is 0 Å². The monoisotopic (exact) mass is 354 g/mol. The van der Waals surface area contributed by atoms with Crippen LogP contribution in [0.3, 0.4) is 0 Å². The van der Waals surface area contributed by atoms with Gasteiger partial charge in [-0.2, -0.15) is 13.2 Å². The minimum atomic E-state index is -4.96. The summed E-state index contributed by atoms with van der Waals surface area (Å²) in [4.78, 5) is 11.5. The Morgan fingerprint density at radius 1 is 1.30 bits per heavy atom. The van der Waals surface area contributed by atoms with Crippen molar-refractivity contribution in [2.24, 2.45) is 0 Å². The number of carbonyl (C=O) groups is 1. The van der Waals surface area contributed by atoms with Crippen LogP contribution in [-0.4, -0.2) is 49.6 Å². The Balaban J connectivity index is 2.93. The largest absolute Gasteiger partial charge is 0.417 e. The number of nitrogens with zero attached hydrogens (tertiary/aromatic N) is 1. The van der Waals surface area contributed by atoms with E-state index < -0.39 is 34.1 Å². The fourth-order valence-corrected chi connectivity index (χ4v) is 2.51. The molecule has 1 amide bonds. The van der Waals surface area contributed by atoms with Crippen LogP contribution < -0.4 is 5.32 Å². The molecule has 0 fully saturated rings. The van der Waals surface area contributed by atoms with E-state index in [0.29, 0.717) is 6.92 Å². The zero-order valence-electron chi connectivity index (χ0n) is 12.7. The van der Waals surface area contributed by atoms with E-state index >= 15 is 0 Å². The highest BCUT2D eigenvalue weighted by atomic mass is 32.2. The van der Waals surface area contributed by atoms with Crippen LogP contribution in [0.4, 0.5) is 18.9 Å². The van der Waals surface area contributed by atoms with Crippen LogP contribution in [0.1, 0.15) is 13.3 Å². The summed E-state index contributed by atoms with van der Waals surface area (Å²) in [6.45, 7) is 0.486. The van der Waals surface area contributed by atoms with Crippen molar-refractivity contribution in [2.45, 2.75) is 30.0 Å². The molecule has 0 saturated carbocycles. The summed E-state index contributed by atoms with van der Waals surface area (Å²) >= 11 is 0. The third-order valence-corrected chi connectivity index (χ3v) is 4.82. The van der Waals surface area contributed by atoms with Gasteiger partial charge in [-0.25, -0.2) is 12.7 Å². The maximum atomic E-state index is 12.5. The van der Waals surface area contributed by atoms with Gasteiger partial charge in [0.25, 0.3) is 0 Å². The van der Waals surface area contributed by atoms with Crippen molar-refractivity contribution < 1.29 is 31.5 Å². The first-order chi connectivity index (χ1) is 10.3. The Kier molecular flexibility index (Phi) is 5.45. The predicted molar refractivity (Wildman–Crippen MR) is 77.2 cm³/mol. The first-order valence-corrected chi connectivity index (χ1v) is 7.83. The molecule has 0 unspecified atom stereocenters. The van der Waals surface area contributed by atoms with Gasteiger partial charge in [-0.3, -0.25) is 4.79 Å². The van der Waals surface area contributed by atoms with Gasteiger partial charge in [0.05, 0.1) is 11.3 Å². The molecule has 0 radical (unpaired) electrons. The van der Waals surface area contributed by atoms with Gasteiger partial charge in [0.15, 0.2) is 5.60 Å². The summed E-state index contributed by atoms with van der Waals surface area (Å²) in [7, 11) is -1.10. The molecule has 1 atom stereocenters. The molecule has 1 rings (SSSR count). The first-order valence-electron chi connectivity index (χ1n) is 6.39. The molecule has 1 aromatic rings. The number of carbonyl (C=O) groups excluding carboxylic acids is 1. The third-order valence-electron chi connectivity index (χ3n) is 3.01. The lowest BCUT2D eigenvalue weighted by molar-refractivity contribution is -0.252. The molecule has 10 heteroatoms. The molecule has 6 nitrogen and oxygen atoms in total. The molecular formula is C13H17F3N2O4S. The van der Waals surface area contributed by atoms with Crippen molar-refractivity contribution in [2.75, 3.05) is 19.4 Å². The second-order valence-electron chi connectivity index (χ2n) is 5.31. The third kappa shape index (κ3) is 4.66. The summed E-state index contributed by atoms with van der Waals surface area (Å²) in [6.07, 6.45) is -6.17. The molecule has 0 heterocycles. The number of nitrogens with one attached hydrogen (secondary N) is 1. The van der Waals surface area contributed by atoms with Crippen LogP contribution >= 0.6 is 0 Å². The fraction of sp³-hybridized carbons (Fsp3) is 0.462. The van der Waals surface area contributed by atoms with Crippen LogP contribution in [0, 0.1) is 0 Å². The normalized spacial score (nSPS) is 15.3. The molecular weight excluding hydrogens is 337 g/mol. The van der Waals surface area contributed by atoms with Crippen LogP contribution in [0.15, 0.2) is 29.2 Å². The van der Waals surface area contributed by atoms with Gasteiger partial charge >= 0.3 is 6.18 Å². The van der Waals surface area contributed by atoms with Crippen molar-refractivity contribution >= 4 is 21.6 Å². The molecule has 0 saturated heterocycles. The van der Waals surface area contributed by atoms with Crippen LogP contribution in [0.25, 0.3) is 0 Å². The summed E-state index contributed by atoms with van der Waals surface area (Å²) in [5.74, 6) is -1.09. The number of alkyl halides is 3. The number of sulfonamides is 1. The molecule has 0 aliphatic carbocycles. The number of aliphatic hydroxyl groups is 1. The van der Waals surface area contributed by atoms with Crippen LogP contribution in [0.5, 0.6) is 0 Å². The minimum absolute atomic E-state index is 0.0101. The Labute approximate surface area is 132 Å². The molecule has 0 spiro atoms. The second-order valence-corrected chi connectivity index (χ2v) is 7.46. The van der Waals surface area contributed by atoms with E-state index in [2.05, 4.69) is 5.32 Å². The summed E-state index contributed by atoms with van der Waals surface area (Å²) in [6, 6.07) is 5.08. The van der Waals surface area contributed by atoms with Gasteiger partial charge in [-0.05, 0) is 25.1 Å². The van der Waals surface area contributed by atoms with Crippen LogP contribution in [-0.2, 0) is 14.8 Å².